The molecule has 0 aromatic carbocycles. The van der Waals surface area contributed by atoms with E-state index in [0.29, 0.717) is 38.8 Å². The third-order valence-electron chi connectivity index (χ3n) is 3.15. The molecule has 0 saturated carbocycles. The average molecular weight is 317 g/mol. The second kappa shape index (κ2) is 11.1. The molecule has 0 fully saturated rings. The molecule has 0 radical (unpaired) electrons. The minimum absolute atomic E-state index is 0.250. The van der Waals surface area contributed by atoms with E-state index in [1.54, 1.807) is 0 Å². The lowest BCUT2D eigenvalue weighted by Gasteiger charge is -2.26. The largest absolute Gasteiger partial charge is 0.481 e. The van der Waals surface area contributed by atoms with Crippen LogP contribution in [-0.4, -0.2) is 59.5 Å². The summed E-state index contributed by atoms with van der Waals surface area (Å²) in [6.45, 7) is 0.500. The van der Waals surface area contributed by atoms with Crippen molar-refractivity contribution in [1.29, 1.82) is 0 Å². The van der Waals surface area contributed by atoms with Crippen LogP contribution in [0.1, 0.15) is 32.1 Å². The van der Waals surface area contributed by atoms with Crippen molar-refractivity contribution in [3.05, 3.63) is 0 Å². The zero-order chi connectivity index (χ0) is 17.1. The first-order valence-electron chi connectivity index (χ1n) is 7.33. The van der Waals surface area contributed by atoms with Crippen molar-refractivity contribution in [2.45, 2.75) is 44.2 Å². The summed E-state index contributed by atoms with van der Waals surface area (Å²) in [5, 5.41) is 8.74. The number of amides is 2. The van der Waals surface area contributed by atoms with Gasteiger partial charge in [0, 0.05) is 6.54 Å². The van der Waals surface area contributed by atoms with E-state index in [1.807, 2.05) is 0 Å². The van der Waals surface area contributed by atoms with Crippen molar-refractivity contribution in [3.8, 4) is 0 Å². The molecule has 0 aliphatic heterocycles. The van der Waals surface area contributed by atoms with Gasteiger partial charge in [-0.15, -0.1) is 0 Å². The molecule has 0 aliphatic rings. The van der Waals surface area contributed by atoms with E-state index in [1.165, 1.54) is 0 Å². The third-order valence-corrected chi connectivity index (χ3v) is 3.15. The third kappa shape index (κ3) is 7.46. The molecule has 9 nitrogen and oxygen atoms in total. The van der Waals surface area contributed by atoms with E-state index in [9.17, 15) is 14.4 Å². The molecule has 9 heteroatoms. The van der Waals surface area contributed by atoms with Crippen LogP contribution in [0, 0.1) is 0 Å². The van der Waals surface area contributed by atoms with Crippen molar-refractivity contribution < 1.29 is 19.5 Å². The Kier molecular flexibility index (Phi) is 10.3. The van der Waals surface area contributed by atoms with Gasteiger partial charge in [-0.3, -0.25) is 19.3 Å². The second-order valence-electron chi connectivity index (χ2n) is 5.05. The predicted molar refractivity (Wildman–Crippen MR) is 81.5 cm³/mol. The van der Waals surface area contributed by atoms with Crippen LogP contribution in [0.2, 0.25) is 0 Å². The van der Waals surface area contributed by atoms with Crippen molar-refractivity contribution >= 4 is 17.8 Å². The van der Waals surface area contributed by atoms with Gasteiger partial charge in [0.1, 0.15) is 0 Å². The van der Waals surface area contributed by atoms with E-state index < -0.39 is 29.9 Å². The number of nitrogens with zero attached hydrogens (tertiary/aromatic N) is 1. The lowest BCUT2D eigenvalue weighted by Crippen LogP contribution is -2.52. The zero-order valence-electron chi connectivity index (χ0n) is 12.7. The predicted octanol–water partition coefficient (Wildman–Crippen LogP) is -2.05. The van der Waals surface area contributed by atoms with Crippen molar-refractivity contribution in [3.63, 3.8) is 0 Å². The molecule has 22 heavy (non-hydrogen) atoms. The molecule has 0 spiro atoms. The Labute approximate surface area is 130 Å². The zero-order valence-corrected chi connectivity index (χ0v) is 12.7. The van der Waals surface area contributed by atoms with Gasteiger partial charge in [-0.1, -0.05) is 0 Å². The smallest absolute Gasteiger partial charge is 0.305 e. The minimum Gasteiger partial charge on any atom is -0.481 e. The highest BCUT2D eigenvalue weighted by molar-refractivity contribution is 6.00. The van der Waals surface area contributed by atoms with E-state index in [4.69, 9.17) is 28.0 Å². The highest BCUT2D eigenvalue weighted by atomic mass is 16.4. The molecule has 9 N–H and O–H groups in total. The Morgan fingerprint density at radius 2 is 1.32 bits per heavy atom. The Balaban J connectivity index is 4.89. The molecular formula is C13H27N5O4. The van der Waals surface area contributed by atoms with Gasteiger partial charge < -0.3 is 28.0 Å². The van der Waals surface area contributed by atoms with Gasteiger partial charge in [0.15, 0.2) is 0 Å². The number of aliphatic carboxylic acids is 1. The number of carbonyl (C=O) groups excluding carboxylic acids is 2. The first kappa shape index (κ1) is 20.5. The molecule has 0 aromatic rings. The fourth-order valence-electron chi connectivity index (χ4n) is 1.86. The Morgan fingerprint density at radius 3 is 1.64 bits per heavy atom. The van der Waals surface area contributed by atoms with Crippen molar-refractivity contribution in [2.75, 3.05) is 19.6 Å². The second-order valence-corrected chi connectivity index (χ2v) is 5.05. The van der Waals surface area contributed by atoms with E-state index in [2.05, 4.69) is 0 Å². The number of hydrogen-bond acceptors (Lipinski definition) is 7. The summed E-state index contributed by atoms with van der Waals surface area (Å²) in [5.74, 6) is -2.36. The first-order valence-corrected chi connectivity index (χ1v) is 7.33. The molecule has 0 rings (SSSR count). The SMILES string of the molecule is NCCC[C@H](N)C(=O)N(CCC(=O)O)C(=O)[C@@H](N)CCCN. The van der Waals surface area contributed by atoms with Crippen LogP contribution in [0.15, 0.2) is 0 Å². The number of imide groups is 1. The summed E-state index contributed by atoms with van der Waals surface area (Å²) < 4.78 is 0. The summed E-state index contributed by atoms with van der Waals surface area (Å²) in [7, 11) is 0. The molecule has 0 saturated heterocycles. The number of nitrogens with two attached hydrogens (primary N) is 4. The van der Waals surface area contributed by atoms with Crippen molar-refractivity contribution in [2.24, 2.45) is 22.9 Å². The van der Waals surface area contributed by atoms with Crippen LogP contribution in [0.4, 0.5) is 0 Å². The fraction of sp³-hybridized carbons (Fsp3) is 0.769. The van der Waals surface area contributed by atoms with Crippen LogP contribution in [0.25, 0.3) is 0 Å². The number of carboxylic acids is 1. The maximum Gasteiger partial charge on any atom is 0.305 e. The number of hydrogen-bond donors (Lipinski definition) is 5. The normalized spacial score (nSPS) is 13.5. The van der Waals surface area contributed by atoms with Crippen LogP contribution >= 0.6 is 0 Å². The molecule has 0 aliphatic carbocycles. The average Bonchev–Trinajstić information content (AvgIpc) is 2.49. The number of rotatable bonds is 11. The van der Waals surface area contributed by atoms with Crippen LogP contribution in [0.3, 0.4) is 0 Å². The standard InChI is InChI=1S/C13H27N5O4/c14-6-1-3-9(16)12(21)18(8-5-11(19)20)13(22)10(17)4-2-7-15/h9-10H,1-8,14-17H2,(H,19,20)/t9-,10-/m0/s1. The summed E-state index contributed by atoms with van der Waals surface area (Å²) in [6, 6.07) is -1.80. The maximum absolute atomic E-state index is 12.2. The van der Waals surface area contributed by atoms with Crippen LogP contribution in [0.5, 0.6) is 0 Å². The van der Waals surface area contributed by atoms with Gasteiger partial charge in [0.2, 0.25) is 11.8 Å². The van der Waals surface area contributed by atoms with Crippen LogP contribution < -0.4 is 22.9 Å². The summed E-state index contributed by atoms with van der Waals surface area (Å²) in [4.78, 5) is 36.0. The summed E-state index contributed by atoms with van der Waals surface area (Å²) >= 11 is 0. The van der Waals surface area contributed by atoms with Gasteiger partial charge in [-0.25, -0.2) is 0 Å². The van der Waals surface area contributed by atoms with E-state index in [-0.39, 0.29) is 13.0 Å². The molecule has 0 aromatic heterocycles. The van der Waals surface area contributed by atoms with E-state index in [0.717, 1.165) is 4.90 Å². The molecule has 0 unspecified atom stereocenters. The highest BCUT2D eigenvalue weighted by Gasteiger charge is 2.29. The number of carbonyl (C=O) groups is 3. The van der Waals surface area contributed by atoms with Crippen LogP contribution in [-0.2, 0) is 14.4 Å². The molecule has 0 heterocycles. The van der Waals surface area contributed by atoms with Crippen molar-refractivity contribution in [1.82, 2.24) is 4.90 Å². The lowest BCUT2D eigenvalue weighted by atomic mass is 10.1. The lowest BCUT2D eigenvalue weighted by molar-refractivity contribution is -0.147. The minimum atomic E-state index is -1.11. The van der Waals surface area contributed by atoms with Gasteiger partial charge in [-0.05, 0) is 38.8 Å². The van der Waals surface area contributed by atoms with Gasteiger partial charge in [0.25, 0.3) is 0 Å². The van der Waals surface area contributed by atoms with E-state index >= 15 is 0 Å². The maximum atomic E-state index is 12.2. The number of carboxylic acid groups (broad SMARTS) is 1. The molecule has 2 amide bonds. The highest BCUT2D eigenvalue weighted by Crippen LogP contribution is 2.06. The monoisotopic (exact) mass is 317 g/mol. The van der Waals surface area contributed by atoms with Gasteiger partial charge in [0.05, 0.1) is 18.5 Å². The summed E-state index contributed by atoms with van der Waals surface area (Å²) in [6.07, 6.45) is 1.36. The molecule has 0 bridgehead atoms. The quantitative estimate of drug-likeness (QED) is 0.289. The summed E-state index contributed by atoms with van der Waals surface area (Å²) in [5.41, 5.74) is 22.2. The topological polar surface area (TPSA) is 179 Å². The Bertz CT molecular complexity index is 351. The molecule has 128 valence electrons. The van der Waals surface area contributed by atoms with Gasteiger partial charge in [-0.2, -0.15) is 0 Å². The first-order chi connectivity index (χ1) is 10.3. The molecular weight excluding hydrogens is 290 g/mol. The Hall–Kier alpha value is -1.55. The van der Waals surface area contributed by atoms with Gasteiger partial charge >= 0.3 is 5.97 Å². The molecule has 2 atom stereocenters. The fourth-order valence-corrected chi connectivity index (χ4v) is 1.86. The Morgan fingerprint density at radius 1 is 0.909 bits per heavy atom.